The molecule has 10 heteroatoms. The van der Waals surface area contributed by atoms with Gasteiger partial charge in [-0.2, -0.15) is 5.26 Å². The molecule has 0 spiro atoms. The van der Waals surface area contributed by atoms with Crippen LogP contribution in [0.25, 0.3) is 88.9 Å². The van der Waals surface area contributed by atoms with Crippen molar-refractivity contribution in [3.8, 4) is 51.3 Å². The summed E-state index contributed by atoms with van der Waals surface area (Å²) in [5.74, 6) is 3.15. The lowest BCUT2D eigenvalue weighted by molar-refractivity contribution is 0.928. The Morgan fingerprint density at radius 1 is 0.439 bits per heavy atom. The maximum absolute atomic E-state index is 11.5. The van der Waals surface area contributed by atoms with E-state index < -0.39 is 0 Å². The van der Waals surface area contributed by atoms with Crippen molar-refractivity contribution in [1.82, 2.24) is 44.0 Å². The highest BCUT2D eigenvalue weighted by Crippen LogP contribution is 2.41. The number of benzene rings is 5. The number of nitrogens with zero attached hydrogens (tertiary/aromatic N) is 10. The zero-order chi connectivity index (χ0) is 38.9. The number of aromatic nitrogens is 9. The van der Waals surface area contributed by atoms with Gasteiger partial charge in [-0.3, -0.25) is 4.98 Å². The smallest absolute Gasteiger partial charge is 0.163 e. The van der Waals surface area contributed by atoms with Crippen LogP contribution in [0, 0.1) is 45.9 Å². The summed E-state index contributed by atoms with van der Waals surface area (Å²) in [5, 5.41) is 15.7. The Hall–Kier alpha value is -7.64. The molecular formula is C47H34N10. The summed E-state index contributed by atoms with van der Waals surface area (Å²) in [7, 11) is 0. The summed E-state index contributed by atoms with van der Waals surface area (Å²) in [6.45, 7) is 9.65. The number of hydrogen-bond acceptors (Lipinski definition) is 8. The van der Waals surface area contributed by atoms with Gasteiger partial charge in [-0.15, -0.1) is 0 Å². The molecule has 5 heterocycles. The zero-order valence-corrected chi connectivity index (χ0v) is 31.9. The Bertz CT molecular complexity index is 3290. The van der Waals surface area contributed by atoms with E-state index in [4.69, 9.17) is 15.0 Å². The second-order valence-electron chi connectivity index (χ2n) is 14.4. The van der Waals surface area contributed by atoms with E-state index in [9.17, 15) is 5.26 Å². The molecule has 0 aliphatic rings. The normalized spacial score (nSPS) is 11.6. The molecular weight excluding hydrogens is 705 g/mol. The van der Waals surface area contributed by atoms with Crippen molar-refractivity contribution in [3.05, 3.63) is 150 Å². The molecule has 0 fully saturated rings. The van der Waals surface area contributed by atoms with Crippen LogP contribution >= 0.6 is 0 Å². The van der Waals surface area contributed by atoms with Gasteiger partial charge in [0.2, 0.25) is 0 Å². The van der Waals surface area contributed by atoms with Gasteiger partial charge in [-0.1, -0.05) is 60.7 Å². The fourth-order valence-corrected chi connectivity index (χ4v) is 8.25. The lowest BCUT2D eigenvalue weighted by atomic mass is 9.99. The molecule has 10 rings (SSSR count). The Morgan fingerprint density at radius 2 is 0.930 bits per heavy atom. The molecule has 272 valence electrons. The summed E-state index contributed by atoms with van der Waals surface area (Å²) in [6.07, 6.45) is 1.54. The molecule has 0 bridgehead atoms. The van der Waals surface area contributed by atoms with Gasteiger partial charge >= 0.3 is 0 Å². The maximum atomic E-state index is 11.5. The van der Waals surface area contributed by atoms with Crippen molar-refractivity contribution in [2.45, 2.75) is 34.6 Å². The molecule has 0 N–H and O–H groups in total. The highest BCUT2D eigenvalue weighted by atomic mass is 15.0. The van der Waals surface area contributed by atoms with Crippen LogP contribution in [0.4, 0.5) is 0 Å². The second kappa shape index (κ2) is 13.0. The first kappa shape index (κ1) is 33.9. The van der Waals surface area contributed by atoms with E-state index >= 15 is 0 Å². The minimum Gasteiger partial charge on any atom is -0.308 e. The van der Waals surface area contributed by atoms with Crippen LogP contribution < -0.4 is 0 Å². The first-order valence-corrected chi connectivity index (χ1v) is 18.7. The van der Waals surface area contributed by atoms with Gasteiger partial charge in [0.05, 0.1) is 33.4 Å². The number of aryl methyl sites for hydroxylation is 5. The van der Waals surface area contributed by atoms with Gasteiger partial charge in [0.1, 0.15) is 35.4 Å². The van der Waals surface area contributed by atoms with E-state index in [1.54, 1.807) is 6.33 Å². The number of pyridine rings is 1. The average Bonchev–Trinajstić information content (AvgIpc) is 3.71. The molecule has 5 aromatic carbocycles. The molecule has 57 heavy (non-hydrogen) atoms. The number of para-hydroxylation sites is 2. The van der Waals surface area contributed by atoms with Crippen molar-refractivity contribution in [2.24, 2.45) is 0 Å². The Kier molecular flexibility index (Phi) is 7.73. The standard InChI is InChI=1S/C47H34N10/c1-26-18-33(19-27(2)51-26)34-22-44(56-40-12-8-6-10-35(40)37-16-14-31(20-42(37)56)46-50-25-49-28(3)53-46)39(24-48)45(23-34)57-41-13-9-7-11-36(41)38-17-15-32(21-43(38)57)47-54-29(4)52-30(5)55-47/h6-23,25H,1-5H3. The third kappa shape index (κ3) is 5.59. The Balaban J connectivity index is 1.34. The van der Waals surface area contributed by atoms with Gasteiger partial charge in [0.15, 0.2) is 11.6 Å². The zero-order valence-electron chi connectivity index (χ0n) is 31.9. The lowest BCUT2D eigenvalue weighted by Crippen LogP contribution is -2.06. The largest absolute Gasteiger partial charge is 0.308 e. The van der Waals surface area contributed by atoms with Crippen molar-refractivity contribution < 1.29 is 0 Å². The quantitative estimate of drug-likeness (QED) is 0.171. The Morgan fingerprint density at radius 3 is 1.47 bits per heavy atom. The molecule has 0 unspecified atom stereocenters. The first-order valence-electron chi connectivity index (χ1n) is 18.7. The SMILES string of the molecule is Cc1cc(-c2cc(-n3c4ccccc4c4ccc(-c5ncnc(C)n5)cc43)c(C#N)c(-n3c4ccccc4c4ccc(-c5nc(C)nc(C)n5)cc43)c2)cc(C)n1. The lowest BCUT2D eigenvalue weighted by Gasteiger charge is -2.19. The number of nitriles is 1. The molecule has 0 saturated carbocycles. The summed E-state index contributed by atoms with van der Waals surface area (Å²) < 4.78 is 4.43. The van der Waals surface area contributed by atoms with Crippen LogP contribution in [0.3, 0.4) is 0 Å². The van der Waals surface area contributed by atoms with Crippen LogP contribution in [-0.4, -0.2) is 44.0 Å². The van der Waals surface area contributed by atoms with Gasteiger partial charge in [-0.05, 0) is 94.3 Å². The summed E-state index contributed by atoms with van der Waals surface area (Å²) in [4.78, 5) is 31.9. The van der Waals surface area contributed by atoms with Crippen molar-refractivity contribution in [3.63, 3.8) is 0 Å². The van der Waals surface area contributed by atoms with E-state index in [1.807, 2.05) is 46.8 Å². The van der Waals surface area contributed by atoms with Gasteiger partial charge < -0.3 is 9.13 Å². The van der Waals surface area contributed by atoms with Crippen molar-refractivity contribution in [2.75, 3.05) is 0 Å². The number of hydrogen-bond donors (Lipinski definition) is 0. The number of fused-ring (bicyclic) bond motifs is 6. The van der Waals surface area contributed by atoms with Crippen LogP contribution in [0.15, 0.2) is 116 Å². The second-order valence-corrected chi connectivity index (χ2v) is 14.4. The minimum absolute atomic E-state index is 0.519. The van der Waals surface area contributed by atoms with E-state index in [-0.39, 0.29) is 0 Å². The molecule has 0 saturated heterocycles. The first-order chi connectivity index (χ1) is 27.7. The third-order valence-corrected chi connectivity index (χ3v) is 10.5. The molecule has 0 aliphatic heterocycles. The van der Waals surface area contributed by atoms with E-state index in [2.05, 4.69) is 132 Å². The molecule has 0 amide bonds. The van der Waals surface area contributed by atoms with Crippen LogP contribution in [0.5, 0.6) is 0 Å². The van der Waals surface area contributed by atoms with E-state index in [0.717, 1.165) is 88.6 Å². The molecule has 5 aromatic heterocycles. The Labute approximate surface area is 327 Å². The maximum Gasteiger partial charge on any atom is 0.163 e. The highest BCUT2D eigenvalue weighted by molar-refractivity contribution is 6.12. The average molecular weight is 739 g/mol. The third-order valence-electron chi connectivity index (χ3n) is 10.5. The predicted molar refractivity (Wildman–Crippen MR) is 224 cm³/mol. The predicted octanol–water partition coefficient (Wildman–Crippen LogP) is 10.1. The van der Waals surface area contributed by atoms with Crippen LogP contribution in [-0.2, 0) is 0 Å². The van der Waals surface area contributed by atoms with Gasteiger partial charge in [0, 0.05) is 44.1 Å². The van der Waals surface area contributed by atoms with Crippen LogP contribution in [0.1, 0.15) is 34.4 Å². The highest BCUT2D eigenvalue weighted by Gasteiger charge is 2.23. The molecule has 10 nitrogen and oxygen atoms in total. The van der Waals surface area contributed by atoms with Crippen molar-refractivity contribution in [1.29, 1.82) is 5.26 Å². The summed E-state index contributed by atoms with van der Waals surface area (Å²) >= 11 is 0. The minimum atomic E-state index is 0.519. The van der Waals surface area contributed by atoms with E-state index in [0.29, 0.717) is 34.7 Å². The van der Waals surface area contributed by atoms with Crippen molar-refractivity contribution >= 4 is 43.6 Å². The fraction of sp³-hybridized carbons (Fsp3) is 0.106. The van der Waals surface area contributed by atoms with Crippen LogP contribution in [0.2, 0.25) is 0 Å². The monoisotopic (exact) mass is 738 g/mol. The fourth-order valence-electron chi connectivity index (χ4n) is 8.25. The topological polar surface area (TPSA) is 124 Å². The summed E-state index contributed by atoms with van der Waals surface area (Å²) in [6, 6.07) is 40.5. The van der Waals surface area contributed by atoms with Gasteiger partial charge in [-0.25, -0.2) is 29.9 Å². The van der Waals surface area contributed by atoms with Gasteiger partial charge in [0.25, 0.3) is 0 Å². The summed E-state index contributed by atoms with van der Waals surface area (Å²) in [5.41, 5.74) is 11.3. The molecule has 0 atom stereocenters. The molecule has 0 radical (unpaired) electrons. The van der Waals surface area contributed by atoms with E-state index in [1.165, 1.54) is 0 Å². The number of rotatable bonds is 5. The molecule has 0 aliphatic carbocycles. The molecule has 10 aromatic rings.